The van der Waals surface area contributed by atoms with Crippen molar-refractivity contribution in [3.8, 4) is 11.1 Å². The number of anilines is 1. The van der Waals surface area contributed by atoms with Crippen LogP contribution >= 0.6 is 0 Å². The number of nitrogens with zero attached hydrogens (tertiary/aromatic N) is 2. The van der Waals surface area contributed by atoms with Gasteiger partial charge in [-0.25, -0.2) is 14.2 Å². The number of hydrogen-bond donors (Lipinski definition) is 2. The van der Waals surface area contributed by atoms with E-state index in [0.717, 1.165) is 43.8 Å². The molecule has 2 heterocycles. The molecule has 0 bridgehead atoms. The van der Waals surface area contributed by atoms with Crippen LogP contribution in [0.5, 0.6) is 0 Å². The summed E-state index contributed by atoms with van der Waals surface area (Å²) in [6.45, 7) is 10.3. The van der Waals surface area contributed by atoms with Crippen LogP contribution in [-0.4, -0.2) is 50.8 Å². The molecular formula is C32H34N3O5+. The molecular weight excluding hydrogens is 506 g/mol. The number of aromatic carboxylic acids is 1. The summed E-state index contributed by atoms with van der Waals surface area (Å²) in [6, 6.07) is 18.3. The van der Waals surface area contributed by atoms with E-state index in [0.29, 0.717) is 38.6 Å². The second-order valence-electron chi connectivity index (χ2n) is 9.64. The summed E-state index contributed by atoms with van der Waals surface area (Å²) in [6.07, 6.45) is 0. The molecule has 0 saturated carbocycles. The van der Waals surface area contributed by atoms with Gasteiger partial charge in [-0.1, -0.05) is 18.2 Å². The summed E-state index contributed by atoms with van der Waals surface area (Å²) in [5.41, 5.74) is 2.78. The molecule has 0 spiro atoms. The summed E-state index contributed by atoms with van der Waals surface area (Å²) >= 11 is 0. The molecule has 5 aromatic rings. The van der Waals surface area contributed by atoms with Gasteiger partial charge in [-0.05, 0) is 57.6 Å². The molecule has 8 nitrogen and oxygen atoms in total. The van der Waals surface area contributed by atoms with E-state index in [1.165, 1.54) is 0 Å². The molecule has 40 heavy (non-hydrogen) atoms. The van der Waals surface area contributed by atoms with Crippen LogP contribution in [0.15, 0.2) is 74.3 Å². The van der Waals surface area contributed by atoms with Crippen molar-refractivity contribution in [1.29, 1.82) is 0 Å². The fourth-order valence-electron chi connectivity index (χ4n) is 5.40. The van der Waals surface area contributed by atoms with Gasteiger partial charge in [-0.2, -0.15) is 0 Å². The second kappa shape index (κ2) is 11.4. The molecule has 0 aliphatic rings. The number of carboxylic acid groups (broad SMARTS) is 1. The van der Waals surface area contributed by atoms with Gasteiger partial charge in [0.15, 0.2) is 12.1 Å². The predicted molar refractivity (Wildman–Crippen MR) is 160 cm³/mol. The number of likely N-dealkylation sites (N-methyl/N-ethyl adjacent to an activating group) is 2. The minimum Gasteiger partial charge on any atom is -0.478 e. The van der Waals surface area contributed by atoms with Crippen molar-refractivity contribution in [1.82, 2.24) is 9.89 Å². The van der Waals surface area contributed by atoms with Crippen molar-refractivity contribution in [2.75, 3.05) is 44.7 Å². The van der Waals surface area contributed by atoms with Crippen LogP contribution in [-0.2, 0) is 0 Å². The van der Waals surface area contributed by atoms with E-state index in [-0.39, 0.29) is 10.9 Å². The lowest BCUT2D eigenvalue weighted by atomic mass is 9.93. The maximum absolute atomic E-state index is 13.7. The highest BCUT2D eigenvalue weighted by Crippen LogP contribution is 2.40. The van der Waals surface area contributed by atoms with Gasteiger partial charge in [0.05, 0.1) is 23.6 Å². The Labute approximate surface area is 231 Å². The van der Waals surface area contributed by atoms with Gasteiger partial charge in [0.25, 0.3) is 0 Å². The number of hydrogen-bond acceptors (Lipinski definition) is 6. The Morgan fingerprint density at radius 2 is 1.68 bits per heavy atom. The molecule has 0 saturated heterocycles. The first-order valence-electron chi connectivity index (χ1n) is 13.7. The van der Waals surface area contributed by atoms with E-state index in [4.69, 9.17) is 8.83 Å². The maximum atomic E-state index is 13.7. The minimum absolute atomic E-state index is 0.0992. The largest absolute Gasteiger partial charge is 0.478 e. The minimum atomic E-state index is -1.08. The Kier molecular flexibility index (Phi) is 7.71. The third-order valence-electron chi connectivity index (χ3n) is 7.47. The fourth-order valence-corrected chi connectivity index (χ4v) is 5.40. The third kappa shape index (κ3) is 4.75. The van der Waals surface area contributed by atoms with E-state index in [2.05, 4.69) is 35.6 Å². The van der Waals surface area contributed by atoms with Crippen molar-refractivity contribution in [2.24, 2.45) is 0 Å². The normalized spacial score (nSPS) is 12.3. The number of carbonyl (C=O) groups is 1. The van der Waals surface area contributed by atoms with Crippen molar-refractivity contribution in [2.45, 2.75) is 20.8 Å². The molecule has 0 radical (unpaired) electrons. The molecule has 206 valence electrons. The molecule has 2 N–H and O–H groups in total. The van der Waals surface area contributed by atoms with Crippen LogP contribution in [0.25, 0.3) is 44.0 Å². The molecule has 8 heteroatoms. The zero-order chi connectivity index (χ0) is 28.4. The monoisotopic (exact) mass is 540 g/mol. The lowest BCUT2D eigenvalue weighted by Crippen LogP contribution is -2.34. The SMILES string of the molecule is CCN(CC)c1ccc2c(-c3ccccc3C(=O)O)c3c(=O)oc4cc(=[N+](CC)CCNC)ccc4c3oc2c1. The first-order valence-corrected chi connectivity index (χ1v) is 13.7. The molecule has 0 atom stereocenters. The predicted octanol–water partition coefficient (Wildman–Crippen LogP) is 4.92. The van der Waals surface area contributed by atoms with Gasteiger partial charge in [0.1, 0.15) is 23.1 Å². The van der Waals surface area contributed by atoms with E-state index < -0.39 is 11.6 Å². The van der Waals surface area contributed by atoms with Crippen LogP contribution < -0.4 is 25.8 Å². The van der Waals surface area contributed by atoms with Gasteiger partial charge in [-0.3, -0.25) is 0 Å². The Balaban J connectivity index is 1.93. The Morgan fingerprint density at radius 1 is 0.950 bits per heavy atom. The number of fused-ring (bicyclic) bond motifs is 4. The van der Waals surface area contributed by atoms with Gasteiger partial charge in [0.2, 0.25) is 5.36 Å². The van der Waals surface area contributed by atoms with Crippen molar-refractivity contribution in [3.05, 3.63) is 82.0 Å². The molecule has 0 unspecified atom stereocenters. The van der Waals surface area contributed by atoms with Crippen molar-refractivity contribution in [3.63, 3.8) is 0 Å². The first kappa shape index (κ1) is 27.1. The fraction of sp³-hybridized carbons (Fsp3) is 0.281. The highest BCUT2D eigenvalue weighted by atomic mass is 16.4. The Morgan fingerprint density at radius 3 is 2.38 bits per heavy atom. The van der Waals surface area contributed by atoms with Crippen LogP contribution in [0.3, 0.4) is 0 Å². The van der Waals surface area contributed by atoms with Gasteiger partial charge < -0.3 is 24.2 Å². The molecule has 5 rings (SSSR count). The second-order valence-corrected chi connectivity index (χ2v) is 9.64. The Hall–Kier alpha value is -4.43. The number of nitrogens with one attached hydrogen (secondary N) is 1. The van der Waals surface area contributed by atoms with Gasteiger partial charge in [-0.15, -0.1) is 0 Å². The quantitative estimate of drug-likeness (QED) is 0.119. The average Bonchev–Trinajstić information content (AvgIpc) is 2.97. The molecule has 2 aromatic heterocycles. The lowest BCUT2D eigenvalue weighted by Gasteiger charge is -2.22. The van der Waals surface area contributed by atoms with Crippen LogP contribution in [0, 0.1) is 0 Å². The topological polar surface area (TPSA) is 98.9 Å². The summed E-state index contributed by atoms with van der Waals surface area (Å²) in [4.78, 5) is 28.2. The zero-order valence-electron chi connectivity index (χ0n) is 23.3. The Bertz CT molecular complexity index is 1870. The third-order valence-corrected chi connectivity index (χ3v) is 7.47. The molecule has 0 aliphatic heterocycles. The van der Waals surface area contributed by atoms with E-state index >= 15 is 0 Å². The van der Waals surface area contributed by atoms with Crippen molar-refractivity contribution < 1.29 is 18.7 Å². The maximum Gasteiger partial charge on any atom is 0.348 e. The molecule has 0 aliphatic carbocycles. The first-order chi connectivity index (χ1) is 19.4. The van der Waals surface area contributed by atoms with E-state index in [1.807, 2.05) is 43.4 Å². The summed E-state index contributed by atoms with van der Waals surface area (Å²) < 4.78 is 14.6. The van der Waals surface area contributed by atoms with Crippen LogP contribution in [0.4, 0.5) is 5.69 Å². The number of rotatable bonds is 9. The average molecular weight is 541 g/mol. The smallest absolute Gasteiger partial charge is 0.348 e. The van der Waals surface area contributed by atoms with E-state index in [9.17, 15) is 14.7 Å². The number of carboxylic acids is 1. The van der Waals surface area contributed by atoms with Crippen LogP contribution in [0.2, 0.25) is 0 Å². The van der Waals surface area contributed by atoms with Crippen LogP contribution in [0.1, 0.15) is 31.1 Å². The molecule has 3 aromatic carbocycles. The van der Waals surface area contributed by atoms with Gasteiger partial charge >= 0.3 is 11.6 Å². The summed E-state index contributed by atoms with van der Waals surface area (Å²) in [5.74, 6) is -1.08. The highest BCUT2D eigenvalue weighted by Gasteiger charge is 2.23. The number of benzene rings is 3. The summed E-state index contributed by atoms with van der Waals surface area (Å²) in [5, 5.41) is 15.6. The van der Waals surface area contributed by atoms with E-state index in [1.54, 1.807) is 24.3 Å². The summed E-state index contributed by atoms with van der Waals surface area (Å²) in [7, 11) is 1.91. The standard InChI is InChI=1S/C32H33N3O5/c1-5-34(6-2)20-12-14-24-26(18-20)39-30-25-15-13-21(35(7-3)17-16-33-4)19-27(25)40-32(38)29(30)28(24)22-10-8-9-11-23(22)31(36)37/h8-15,18-19,33H,5-7,16-17H2,1-4H3/p+1. The highest BCUT2D eigenvalue weighted by molar-refractivity contribution is 6.16. The molecule has 0 fully saturated rings. The van der Waals surface area contributed by atoms with Gasteiger partial charge in [0, 0.05) is 41.9 Å². The lowest BCUT2D eigenvalue weighted by molar-refractivity contribution is 0.0697. The van der Waals surface area contributed by atoms with Crippen molar-refractivity contribution >= 4 is 44.6 Å². The molecule has 0 amide bonds. The zero-order valence-corrected chi connectivity index (χ0v) is 23.3.